The molecule has 1 heterocycles. The van der Waals surface area contributed by atoms with Gasteiger partial charge in [-0.3, -0.25) is 4.90 Å². The predicted molar refractivity (Wildman–Crippen MR) is 88.2 cm³/mol. The van der Waals surface area contributed by atoms with E-state index < -0.39 is 0 Å². The first-order valence-corrected chi connectivity index (χ1v) is 7.80. The molecule has 0 amide bonds. The quantitative estimate of drug-likeness (QED) is 0.925. The van der Waals surface area contributed by atoms with Crippen molar-refractivity contribution in [3.8, 4) is 0 Å². The summed E-state index contributed by atoms with van der Waals surface area (Å²) in [5, 5.41) is 3.67. The topological polar surface area (TPSA) is 15.3 Å². The molecule has 2 unspecified atom stereocenters. The number of hydrogen-bond acceptors (Lipinski definition) is 2. The maximum atomic E-state index is 3.67. The fraction of sp³-hybridized carbons (Fsp3) is 0.368. The zero-order valence-electron chi connectivity index (χ0n) is 12.9. The van der Waals surface area contributed by atoms with E-state index in [1.54, 1.807) is 0 Å². The zero-order valence-corrected chi connectivity index (χ0v) is 12.9. The Morgan fingerprint density at radius 2 is 1.76 bits per heavy atom. The fourth-order valence-corrected chi connectivity index (χ4v) is 2.98. The van der Waals surface area contributed by atoms with E-state index in [-0.39, 0.29) is 0 Å². The molecule has 2 aromatic rings. The normalized spacial score (nSPS) is 23.1. The Kier molecular flexibility index (Phi) is 4.37. The van der Waals surface area contributed by atoms with Gasteiger partial charge < -0.3 is 5.32 Å². The summed E-state index contributed by atoms with van der Waals surface area (Å²) in [5.41, 5.74) is 4.12. The molecule has 0 aliphatic carbocycles. The van der Waals surface area contributed by atoms with Crippen molar-refractivity contribution in [2.45, 2.75) is 32.5 Å². The molecular formula is C19H24N2. The first kappa shape index (κ1) is 14.3. The number of rotatable bonds is 3. The third kappa shape index (κ3) is 3.52. The third-order valence-electron chi connectivity index (χ3n) is 4.41. The SMILES string of the molecule is Cc1ccc(CN2CC(c3ccccc3)NCC2C)cc1. The summed E-state index contributed by atoms with van der Waals surface area (Å²) in [6.45, 7) is 7.60. The molecule has 0 spiro atoms. The molecular weight excluding hydrogens is 256 g/mol. The Morgan fingerprint density at radius 3 is 2.48 bits per heavy atom. The average molecular weight is 280 g/mol. The zero-order chi connectivity index (χ0) is 14.7. The van der Waals surface area contributed by atoms with Crippen molar-refractivity contribution in [3.63, 3.8) is 0 Å². The van der Waals surface area contributed by atoms with Crippen LogP contribution < -0.4 is 5.32 Å². The van der Waals surface area contributed by atoms with E-state index in [2.05, 4.69) is 78.7 Å². The van der Waals surface area contributed by atoms with Crippen LogP contribution in [0, 0.1) is 6.92 Å². The molecule has 1 aliphatic rings. The van der Waals surface area contributed by atoms with E-state index in [9.17, 15) is 0 Å². The molecule has 21 heavy (non-hydrogen) atoms. The van der Waals surface area contributed by atoms with Crippen LogP contribution in [0.5, 0.6) is 0 Å². The van der Waals surface area contributed by atoms with E-state index >= 15 is 0 Å². The molecule has 1 N–H and O–H groups in total. The lowest BCUT2D eigenvalue weighted by molar-refractivity contribution is 0.133. The van der Waals surface area contributed by atoms with Gasteiger partial charge in [0.05, 0.1) is 0 Å². The second kappa shape index (κ2) is 6.42. The molecule has 0 bridgehead atoms. The minimum absolute atomic E-state index is 0.438. The highest BCUT2D eigenvalue weighted by atomic mass is 15.2. The van der Waals surface area contributed by atoms with Crippen molar-refractivity contribution in [2.24, 2.45) is 0 Å². The highest BCUT2D eigenvalue weighted by Gasteiger charge is 2.25. The van der Waals surface area contributed by atoms with Crippen LogP contribution in [0.25, 0.3) is 0 Å². The second-order valence-corrected chi connectivity index (χ2v) is 6.14. The third-order valence-corrected chi connectivity index (χ3v) is 4.41. The van der Waals surface area contributed by atoms with Gasteiger partial charge in [0.2, 0.25) is 0 Å². The van der Waals surface area contributed by atoms with E-state index in [1.165, 1.54) is 16.7 Å². The van der Waals surface area contributed by atoms with Crippen LogP contribution in [0.4, 0.5) is 0 Å². The minimum Gasteiger partial charge on any atom is -0.307 e. The van der Waals surface area contributed by atoms with Crippen molar-refractivity contribution in [1.82, 2.24) is 10.2 Å². The molecule has 1 aliphatic heterocycles. The molecule has 110 valence electrons. The minimum atomic E-state index is 0.438. The first-order chi connectivity index (χ1) is 10.2. The Bertz CT molecular complexity index is 562. The summed E-state index contributed by atoms with van der Waals surface area (Å²) >= 11 is 0. The van der Waals surface area contributed by atoms with Gasteiger partial charge in [-0.1, -0.05) is 60.2 Å². The van der Waals surface area contributed by atoms with Crippen molar-refractivity contribution < 1.29 is 0 Å². The summed E-state index contributed by atoms with van der Waals surface area (Å²) in [6, 6.07) is 20.7. The molecule has 2 aromatic carbocycles. The molecule has 2 heteroatoms. The van der Waals surface area contributed by atoms with Gasteiger partial charge in [-0.05, 0) is 25.0 Å². The predicted octanol–water partition coefficient (Wildman–Crippen LogP) is 3.53. The van der Waals surface area contributed by atoms with E-state index in [0.717, 1.165) is 19.6 Å². The van der Waals surface area contributed by atoms with Crippen LogP contribution in [-0.4, -0.2) is 24.0 Å². The van der Waals surface area contributed by atoms with Gasteiger partial charge in [0.25, 0.3) is 0 Å². The van der Waals surface area contributed by atoms with Crippen molar-refractivity contribution >= 4 is 0 Å². The van der Waals surface area contributed by atoms with Gasteiger partial charge in [0.15, 0.2) is 0 Å². The van der Waals surface area contributed by atoms with Gasteiger partial charge in [-0.15, -0.1) is 0 Å². The largest absolute Gasteiger partial charge is 0.307 e. The number of benzene rings is 2. The van der Waals surface area contributed by atoms with Crippen LogP contribution in [0.15, 0.2) is 54.6 Å². The van der Waals surface area contributed by atoms with Gasteiger partial charge >= 0.3 is 0 Å². The van der Waals surface area contributed by atoms with E-state index in [4.69, 9.17) is 0 Å². The lowest BCUT2D eigenvalue weighted by Crippen LogP contribution is -2.50. The average Bonchev–Trinajstić information content (AvgIpc) is 2.52. The molecule has 3 rings (SSSR count). The van der Waals surface area contributed by atoms with E-state index in [0.29, 0.717) is 12.1 Å². The van der Waals surface area contributed by atoms with Gasteiger partial charge in [0, 0.05) is 31.7 Å². The van der Waals surface area contributed by atoms with Crippen molar-refractivity contribution in [3.05, 3.63) is 71.3 Å². The summed E-state index contributed by atoms with van der Waals surface area (Å²) in [7, 11) is 0. The molecule has 0 saturated carbocycles. The highest BCUT2D eigenvalue weighted by molar-refractivity contribution is 5.23. The van der Waals surface area contributed by atoms with Crippen LogP contribution in [0.1, 0.15) is 29.7 Å². The molecule has 2 nitrogen and oxygen atoms in total. The van der Waals surface area contributed by atoms with Gasteiger partial charge in [-0.2, -0.15) is 0 Å². The smallest absolute Gasteiger partial charge is 0.0450 e. The molecule has 0 radical (unpaired) electrons. The summed E-state index contributed by atoms with van der Waals surface area (Å²) in [5.74, 6) is 0. The Hall–Kier alpha value is -1.64. The Morgan fingerprint density at radius 1 is 1.05 bits per heavy atom. The number of hydrogen-bond donors (Lipinski definition) is 1. The van der Waals surface area contributed by atoms with Crippen molar-refractivity contribution in [2.75, 3.05) is 13.1 Å². The standard InChI is InChI=1S/C19H24N2/c1-15-8-10-17(11-9-15)13-21-14-19(20-12-16(21)2)18-6-4-3-5-7-18/h3-11,16,19-20H,12-14H2,1-2H3. The van der Waals surface area contributed by atoms with E-state index in [1.807, 2.05) is 0 Å². The summed E-state index contributed by atoms with van der Waals surface area (Å²) < 4.78 is 0. The van der Waals surface area contributed by atoms with Crippen LogP contribution in [-0.2, 0) is 6.54 Å². The van der Waals surface area contributed by atoms with Crippen LogP contribution in [0.3, 0.4) is 0 Å². The number of aryl methyl sites for hydroxylation is 1. The van der Waals surface area contributed by atoms with Gasteiger partial charge in [0.1, 0.15) is 0 Å². The lowest BCUT2D eigenvalue weighted by atomic mass is 10.0. The summed E-state index contributed by atoms with van der Waals surface area (Å²) in [6.07, 6.45) is 0. The van der Waals surface area contributed by atoms with Crippen LogP contribution >= 0.6 is 0 Å². The molecule has 1 saturated heterocycles. The second-order valence-electron chi connectivity index (χ2n) is 6.14. The maximum Gasteiger partial charge on any atom is 0.0450 e. The molecule has 2 atom stereocenters. The van der Waals surface area contributed by atoms with Crippen LogP contribution in [0.2, 0.25) is 0 Å². The number of nitrogens with one attached hydrogen (secondary N) is 1. The lowest BCUT2D eigenvalue weighted by Gasteiger charge is -2.39. The number of piperazine rings is 1. The van der Waals surface area contributed by atoms with Gasteiger partial charge in [-0.25, -0.2) is 0 Å². The summed E-state index contributed by atoms with van der Waals surface area (Å²) in [4.78, 5) is 2.58. The fourth-order valence-electron chi connectivity index (χ4n) is 2.98. The Labute approximate surface area is 127 Å². The molecule has 1 fully saturated rings. The first-order valence-electron chi connectivity index (χ1n) is 7.80. The number of nitrogens with zero attached hydrogens (tertiary/aromatic N) is 1. The maximum absolute atomic E-state index is 3.67. The molecule has 0 aromatic heterocycles. The van der Waals surface area contributed by atoms with Crippen molar-refractivity contribution in [1.29, 1.82) is 0 Å². The Balaban J connectivity index is 1.70. The monoisotopic (exact) mass is 280 g/mol. The highest BCUT2D eigenvalue weighted by Crippen LogP contribution is 2.21.